The molecule has 0 heterocycles. The summed E-state index contributed by atoms with van der Waals surface area (Å²) in [5.41, 5.74) is 0.451. The van der Waals surface area contributed by atoms with Crippen molar-refractivity contribution >= 4 is 0 Å². The molecule has 0 rings (SSSR count). The Labute approximate surface area is 116 Å². The van der Waals surface area contributed by atoms with Crippen molar-refractivity contribution in [3.05, 3.63) is 0 Å². The first-order valence-electron chi connectivity index (χ1n) is 8.49. The van der Waals surface area contributed by atoms with Gasteiger partial charge in [-0.05, 0) is 25.8 Å². The third kappa shape index (κ3) is 8.13. The third-order valence-corrected chi connectivity index (χ3v) is 4.05. The van der Waals surface area contributed by atoms with Crippen molar-refractivity contribution in [1.29, 1.82) is 0 Å². The highest BCUT2D eigenvalue weighted by atomic mass is 15.0. The molecule has 1 heteroatoms. The number of unbranched alkanes of at least 4 members (excludes halogenated alkanes) is 5. The van der Waals surface area contributed by atoms with Gasteiger partial charge in [-0.2, -0.15) is 0 Å². The maximum atomic E-state index is 3.83. The first kappa shape index (κ1) is 18.0. The predicted octanol–water partition coefficient (Wildman–Crippen LogP) is 5.69. The lowest BCUT2D eigenvalue weighted by atomic mass is 9.82. The van der Waals surface area contributed by atoms with Crippen LogP contribution in [0.15, 0.2) is 0 Å². The molecule has 110 valence electrons. The molecule has 1 N–H and O–H groups in total. The maximum absolute atomic E-state index is 3.83. The van der Waals surface area contributed by atoms with Gasteiger partial charge in [0.2, 0.25) is 0 Å². The van der Waals surface area contributed by atoms with Gasteiger partial charge in [0.25, 0.3) is 0 Å². The molecule has 0 saturated heterocycles. The standard InChI is InChI=1S/C17H37N/c1-5-9-11-13-16-17(14-7-3,18-8-4)15-12-10-6-2/h18H,5-16H2,1-4H3. The van der Waals surface area contributed by atoms with Gasteiger partial charge in [0.1, 0.15) is 0 Å². The summed E-state index contributed by atoms with van der Waals surface area (Å²) in [6.07, 6.45) is 15.2. The Balaban J connectivity index is 4.23. The largest absolute Gasteiger partial charge is 0.312 e. The second-order valence-corrected chi connectivity index (χ2v) is 5.83. The van der Waals surface area contributed by atoms with Crippen LogP contribution in [0.2, 0.25) is 0 Å². The van der Waals surface area contributed by atoms with E-state index in [9.17, 15) is 0 Å². The van der Waals surface area contributed by atoms with Gasteiger partial charge in [0, 0.05) is 5.54 Å². The average molecular weight is 255 g/mol. The van der Waals surface area contributed by atoms with Crippen molar-refractivity contribution in [3.63, 3.8) is 0 Å². The third-order valence-electron chi connectivity index (χ3n) is 4.05. The summed E-state index contributed by atoms with van der Waals surface area (Å²) in [7, 11) is 0. The van der Waals surface area contributed by atoms with E-state index in [2.05, 4.69) is 33.0 Å². The van der Waals surface area contributed by atoms with Gasteiger partial charge < -0.3 is 5.32 Å². The molecule has 0 aliphatic rings. The van der Waals surface area contributed by atoms with Gasteiger partial charge in [-0.1, -0.05) is 79.1 Å². The van der Waals surface area contributed by atoms with Crippen LogP contribution in [0.5, 0.6) is 0 Å². The van der Waals surface area contributed by atoms with Crippen LogP contribution < -0.4 is 5.32 Å². The Hall–Kier alpha value is -0.0400. The van der Waals surface area contributed by atoms with Crippen LogP contribution in [0.3, 0.4) is 0 Å². The molecule has 0 aromatic heterocycles. The van der Waals surface area contributed by atoms with Gasteiger partial charge in [-0.3, -0.25) is 0 Å². The highest BCUT2D eigenvalue weighted by Crippen LogP contribution is 2.27. The zero-order valence-electron chi connectivity index (χ0n) is 13.5. The quantitative estimate of drug-likeness (QED) is 0.417. The second kappa shape index (κ2) is 12.0. The Kier molecular flexibility index (Phi) is 12.0. The molecule has 0 aromatic rings. The Morgan fingerprint density at radius 3 is 1.67 bits per heavy atom. The molecular weight excluding hydrogens is 218 g/mol. The smallest absolute Gasteiger partial charge is 0.0181 e. The van der Waals surface area contributed by atoms with E-state index in [0.717, 1.165) is 6.54 Å². The van der Waals surface area contributed by atoms with Crippen LogP contribution >= 0.6 is 0 Å². The average Bonchev–Trinajstić information content (AvgIpc) is 2.36. The summed E-state index contributed by atoms with van der Waals surface area (Å²) < 4.78 is 0. The fourth-order valence-corrected chi connectivity index (χ4v) is 3.10. The molecule has 0 aliphatic heterocycles. The summed E-state index contributed by atoms with van der Waals surface area (Å²) in [4.78, 5) is 0. The van der Waals surface area contributed by atoms with Crippen molar-refractivity contribution in [2.45, 2.75) is 104 Å². The highest BCUT2D eigenvalue weighted by molar-refractivity contribution is 4.87. The van der Waals surface area contributed by atoms with Crippen LogP contribution in [0.4, 0.5) is 0 Å². The summed E-state index contributed by atoms with van der Waals surface area (Å²) in [5.74, 6) is 0. The number of nitrogens with one attached hydrogen (secondary N) is 1. The topological polar surface area (TPSA) is 12.0 Å². The molecule has 1 unspecified atom stereocenters. The number of hydrogen-bond acceptors (Lipinski definition) is 1. The lowest BCUT2D eigenvalue weighted by Crippen LogP contribution is -2.45. The summed E-state index contributed by atoms with van der Waals surface area (Å²) in [6, 6.07) is 0. The van der Waals surface area contributed by atoms with Crippen LogP contribution in [0.1, 0.15) is 98.3 Å². The molecule has 0 saturated carbocycles. The fourth-order valence-electron chi connectivity index (χ4n) is 3.10. The number of hydrogen-bond donors (Lipinski definition) is 1. The van der Waals surface area contributed by atoms with Gasteiger partial charge in [-0.25, -0.2) is 0 Å². The normalized spacial score (nSPS) is 14.7. The monoisotopic (exact) mass is 255 g/mol. The van der Waals surface area contributed by atoms with E-state index in [1.54, 1.807) is 0 Å². The fraction of sp³-hybridized carbons (Fsp3) is 1.00. The van der Waals surface area contributed by atoms with E-state index in [4.69, 9.17) is 0 Å². The molecule has 1 nitrogen and oxygen atoms in total. The summed E-state index contributed by atoms with van der Waals surface area (Å²) >= 11 is 0. The molecule has 1 atom stereocenters. The Bertz CT molecular complexity index is 159. The lowest BCUT2D eigenvalue weighted by Gasteiger charge is -2.35. The Morgan fingerprint density at radius 2 is 1.17 bits per heavy atom. The van der Waals surface area contributed by atoms with E-state index in [1.807, 2.05) is 0 Å². The molecule has 0 amide bonds. The zero-order chi connectivity index (χ0) is 13.7. The first-order valence-corrected chi connectivity index (χ1v) is 8.49. The molecule has 0 spiro atoms. The highest BCUT2D eigenvalue weighted by Gasteiger charge is 2.26. The summed E-state index contributed by atoms with van der Waals surface area (Å²) in [5, 5.41) is 3.83. The van der Waals surface area contributed by atoms with Gasteiger partial charge in [0.05, 0.1) is 0 Å². The Morgan fingerprint density at radius 1 is 0.611 bits per heavy atom. The van der Waals surface area contributed by atoms with Gasteiger partial charge in [0.15, 0.2) is 0 Å². The SMILES string of the molecule is CCCCCCC(CCC)(CCCCC)NCC. The lowest BCUT2D eigenvalue weighted by molar-refractivity contribution is 0.247. The van der Waals surface area contributed by atoms with Gasteiger partial charge in [-0.15, -0.1) is 0 Å². The van der Waals surface area contributed by atoms with Crippen LogP contribution in [0, 0.1) is 0 Å². The number of rotatable bonds is 13. The van der Waals surface area contributed by atoms with Gasteiger partial charge >= 0.3 is 0 Å². The zero-order valence-corrected chi connectivity index (χ0v) is 13.5. The van der Waals surface area contributed by atoms with Crippen molar-refractivity contribution in [2.75, 3.05) is 6.54 Å². The minimum absolute atomic E-state index is 0.451. The van der Waals surface area contributed by atoms with E-state index in [1.165, 1.54) is 70.6 Å². The minimum atomic E-state index is 0.451. The molecular formula is C17H37N. The van der Waals surface area contributed by atoms with Crippen molar-refractivity contribution in [1.82, 2.24) is 5.32 Å². The van der Waals surface area contributed by atoms with Crippen molar-refractivity contribution in [3.8, 4) is 0 Å². The van der Waals surface area contributed by atoms with Crippen LogP contribution in [-0.4, -0.2) is 12.1 Å². The van der Waals surface area contributed by atoms with Crippen LogP contribution in [0.25, 0.3) is 0 Å². The first-order chi connectivity index (χ1) is 8.74. The maximum Gasteiger partial charge on any atom is 0.0181 e. The molecule has 0 bridgehead atoms. The molecule has 0 radical (unpaired) electrons. The van der Waals surface area contributed by atoms with Crippen molar-refractivity contribution < 1.29 is 0 Å². The predicted molar refractivity (Wildman–Crippen MR) is 84.2 cm³/mol. The van der Waals surface area contributed by atoms with E-state index in [-0.39, 0.29) is 0 Å². The van der Waals surface area contributed by atoms with E-state index < -0.39 is 0 Å². The molecule has 0 fully saturated rings. The molecule has 0 aromatic carbocycles. The van der Waals surface area contributed by atoms with Crippen molar-refractivity contribution in [2.24, 2.45) is 0 Å². The summed E-state index contributed by atoms with van der Waals surface area (Å²) in [6.45, 7) is 10.3. The van der Waals surface area contributed by atoms with E-state index in [0.29, 0.717) is 5.54 Å². The molecule has 0 aliphatic carbocycles. The second-order valence-electron chi connectivity index (χ2n) is 5.83. The minimum Gasteiger partial charge on any atom is -0.312 e. The van der Waals surface area contributed by atoms with E-state index >= 15 is 0 Å². The molecule has 18 heavy (non-hydrogen) atoms. The van der Waals surface area contributed by atoms with Crippen LogP contribution in [-0.2, 0) is 0 Å².